The van der Waals surface area contributed by atoms with E-state index in [1.807, 2.05) is 30.3 Å². The Morgan fingerprint density at radius 1 is 1.07 bits per heavy atom. The van der Waals surface area contributed by atoms with Gasteiger partial charge in [0.15, 0.2) is 0 Å². The van der Waals surface area contributed by atoms with E-state index in [0.29, 0.717) is 31.3 Å². The summed E-state index contributed by atoms with van der Waals surface area (Å²) in [5.74, 6) is 1.84. The van der Waals surface area contributed by atoms with Gasteiger partial charge in [-0.15, -0.1) is 0 Å². The van der Waals surface area contributed by atoms with Gasteiger partial charge in [-0.1, -0.05) is 70.9 Å². The largest absolute Gasteiger partial charge is 0.447 e. The van der Waals surface area contributed by atoms with Crippen LogP contribution in [0.15, 0.2) is 30.3 Å². The molecule has 1 saturated heterocycles. The Kier molecular flexibility index (Phi) is 9.01. The third-order valence-corrected chi connectivity index (χ3v) is 5.79. The average molecular weight is 388 g/mol. The van der Waals surface area contributed by atoms with Crippen LogP contribution in [0.4, 0.5) is 4.79 Å². The number of carbonyl (C=O) groups is 2. The highest BCUT2D eigenvalue weighted by atomic mass is 16.6. The molecule has 1 aromatic carbocycles. The second-order valence-corrected chi connectivity index (χ2v) is 8.80. The van der Waals surface area contributed by atoms with Crippen LogP contribution in [-0.4, -0.2) is 29.5 Å². The molecule has 2 rings (SSSR count). The molecular weight excluding hydrogens is 350 g/mol. The number of ether oxygens (including phenoxy) is 1. The number of amides is 2. The van der Waals surface area contributed by atoms with Gasteiger partial charge in [-0.2, -0.15) is 0 Å². The number of nitrogens with zero attached hydrogens (tertiary/aromatic N) is 1. The van der Waals surface area contributed by atoms with Gasteiger partial charge < -0.3 is 4.74 Å². The van der Waals surface area contributed by atoms with Gasteiger partial charge >= 0.3 is 6.09 Å². The maximum atomic E-state index is 12.7. The molecule has 4 heteroatoms. The molecule has 0 radical (unpaired) electrons. The molecule has 0 aromatic heterocycles. The normalized spacial score (nSPS) is 19.9. The fraction of sp³-hybridized carbons (Fsp3) is 0.667. The number of hydrogen-bond acceptors (Lipinski definition) is 3. The van der Waals surface area contributed by atoms with Crippen LogP contribution in [0, 0.1) is 17.8 Å². The molecule has 0 saturated carbocycles. The van der Waals surface area contributed by atoms with Crippen molar-refractivity contribution in [2.45, 2.75) is 78.7 Å². The molecule has 4 atom stereocenters. The van der Waals surface area contributed by atoms with Crippen LogP contribution in [0.25, 0.3) is 0 Å². The van der Waals surface area contributed by atoms with E-state index in [4.69, 9.17) is 4.74 Å². The van der Waals surface area contributed by atoms with Crippen molar-refractivity contribution in [1.29, 1.82) is 0 Å². The number of cyclic esters (lactones) is 1. The highest BCUT2D eigenvalue weighted by molar-refractivity contribution is 5.93. The second-order valence-electron chi connectivity index (χ2n) is 8.80. The van der Waals surface area contributed by atoms with E-state index in [-0.39, 0.29) is 11.9 Å². The Balaban J connectivity index is 1.80. The summed E-state index contributed by atoms with van der Waals surface area (Å²) in [7, 11) is 0. The molecule has 0 N–H and O–H groups in total. The van der Waals surface area contributed by atoms with E-state index < -0.39 is 6.09 Å². The lowest BCUT2D eigenvalue weighted by molar-refractivity contribution is -0.129. The number of imide groups is 1. The summed E-state index contributed by atoms with van der Waals surface area (Å²) >= 11 is 0. The SMILES string of the molecule is CCC[C@@H](C)C[C@@H](C)C[C@@H](C)CCC(=O)N1C(=O)OC[C@H]1Cc1ccccc1. The Bertz CT molecular complexity index is 616. The molecule has 0 spiro atoms. The smallest absolute Gasteiger partial charge is 0.416 e. The summed E-state index contributed by atoms with van der Waals surface area (Å²) in [5, 5.41) is 0. The fourth-order valence-electron chi connectivity index (χ4n) is 4.49. The summed E-state index contributed by atoms with van der Waals surface area (Å²) < 4.78 is 5.18. The third kappa shape index (κ3) is 6.96. The van der Waals surface area contributed by atoms with Crippen molar-refractivity contribution in [2.75, 3.05) is 6.61 Å². The first-order valence-electron chi connectivity index (χ1n) is 10.9. The van der Waals surface area contributed by atoms with Crippen molar-refractivity contribution < 1.29 is 14.3 Å². The second kappa shape index (κ2) is 11.2. The minimum absolute atomic E-state index is 0.0951. The van der Waals surface area contributed by atoms with Crippen LogP contribution in [0.2, 0.25) is 0 Å². The van der Waals surface area contributed by atoms with Crippen molar-refractivity contribution >= 4 is 12.0 Å². The van der Waals surface area contributed by atoms with Crippen LogP contribution in [0.3, 0.4) is 0 Å². The van der Waals surface area contributed by atoms with E-state index in [0.717, 1.165) is 24.3 Å². The van der Waals surface area contributed by atoms with Gasteiger partial charge in [-0.3, -0.25) is 4.79 Å². The average Bonchev–Trinajstić information content (AvgIpc) is 3.01. The first-order chi connectivity index (χ1) is 13.4. The molecule has 1 fully saturated rings. The molecule has 1 aromatic rings. The highest BCUT2D eigenvalue weighted by Gasteiger charge is 2.37. The molecule has 156 valence electrons. The van der Waals surface area contributed by atoms with Gasteiger partial charge in [-0.25, -0.2) is 9.69 Å². The molecular formula is C24H37NO3. The Labute approximate surface area is 170 Å². The Morgan fingerprint density at radius 2 is 1.71 bits per heavy atom. The maximum absolute atomic E-state index is 12.7. The number of carbonyl (C=O) groups excluding carboxylic acids is 2. The van der Waals surface area contributed by atoms with Gasteiger partial charge in [-0.05, 0) is 49.0 Å². The summed E-state index contributed by atoms with van der Waals surface area (Å²) in [6, 6.07) is 9.77. The van der Waals surface area contributed by atoms with Crippen LogP contribution >= 0.6 is 0 Å². The van der Waals surface area contributed by atoms with Crippen LogP contribution in [0.5, 0.6) is 0 Å². The lowest BCUT2D eigenvalue weighted by atomic mass is 9.86. The first-order valence-corrected chi connectivity index (χ1v) is 10.9. The molecule has 1 heterocycles. The van der Waals surface area contributed by atoms with Crippen molar-refractivity contribution in [2.24, 2.45) is 17.8 Å². The topological polar surface area (TPSA) is 46.6 Å². The van der Waals surface area contributed by atoms with E-state index in [2.05, 4.69) is 27.7 Å². The number of hydrogen-bond donors (Lipinski definition) is 0. The van der Waals surface area contributed by atoms with Crippen LogP contribution in [-0.2, 0) is 16.0 Å². The van der Waals surface area contributed by atoms with Gasteiger partial charge in [0.1, 0.15) is 6.61 Å². The number of benzene rings is 1. The zero-order chi connectivity index (χ0) is 20.5. The van der Waals surface area contributed by atoms with Crippen molar-refractivity contribution in [3.05, 3.63) is 35.9 Å². The van der Waals surface area contributed by atoms with Gasteiger partial charge in [0, 0.05) is 6.42 Å². The molecule has 0 bridgehead atoms. The summed E-state index contributed by atoms with van der Waals surface area (Å²) in [6.45, 7) is 9.40. The van der Waals surface area contributed by atoms with E-state index in [1.165, 1.54) is 24.2 Å². The van der Waals surface area contributed by atoms with E-state index in [1.54, 1.807) is 0 Å². The van der Waals surface area contributed by atoms with Crippen molar-refractivity contribution in [3.8, 4) is 0 Å². The summed E-state index contributed by atoms with van der Waals surface area (Å²) in [4.78, 5) is 26.2. The predicted molar refractivity (Wildman–Crippen MR) is 113 cm³/mol. The van der Waals surface area contributed by atoms with Crippen LogP contribution < -0.4 is 0 Å². The Hall–Kier alpha value is -1.84. The molecule has 0 aliphatic carbocycles. The van der Waals surface area contributed by atoms with Crippen LogP contribution in [0.1, 0.15) is 71.8 Å². The molecule has 4 nitrogen and oxygen atoms in total. The minimum atomic E-state index is -0.486. The Morgan fingerprint density at radius 3 is 2.36 bits per heavy atom. The summed E-state index contributed by atoms with van der Waals surface area (Å²) in [5.41, 5.74) is 1.12. The fourth-order valence-corrected chi connectivity index (χ4v) is 4.49. The predicted octanol–water partition coefficient (Wildman–Crippen LogP) is 5.85. The van der Waals surface area contributed by atoms with Crippen molar-refractivity contribution in [3.63, 3.8) is 0 Å². The van der Waals surface area contributed by atoms with Gasteiger partial charge in [0.05, 0.1) is 6.04 Å². The van der Waals surface area contributed by atoms with Gasteiger partial charge in [0.2, 0.25) is 5.91 Å². The molecule has 0 unspecified atom stereocenters. The van der Waals surface area contributed by atoms with E-state index in [9.17, 15) is 9.59 Å². The lowest BCUT2D eigenvalue weighted by Crippen LogP contribution is -2.40. The standard InChI is InChI=1S/C24H37NO3/c1-5-9-18(2)14-20(4)15-19(3)12-13-23(26)25-22(17-28-24(25)27)16-21-10-7-6-8-11-21/h6-8,10-11,18-20,22H,5,9,12-17H2,1-4H3/t18-,19+,20-,22-/m1/s1. The molecule has 1 aliphatic heterocycles. The quantitative estimate of drug-likeness (QED) is 0.479. The number of rotatable bonds is 11. The zero-order valence-electron chi connectivity index (χ0n) is 18.0. The third-order valence-electron chi connectivity index (χ3n) is 5.79. The van der Waals surface area contributed by atoms with Crippen molar-refractivity contribution in [1.82, 2.24) is 4.90 Å². The lowest BCUT2D eigenvalue weighted by Gasteiger charge is -2.22. The maximum Gasteiger partial charge on any atom is 0.416 e. The monoisotopic (exact) mass is 387 g/mol. The molecule has 1 aliphatic rings. The van der Waals surface area contributed by atoms with Gasteiger partial charge in [0.25, 0.3) is 0 Å². The highest BCUT2D eigenvalue weighted by Crippen LogP contribution is 2.25. The van der Waals surface area contributed by atoms with E-state index >= 15 is 0 Å². The minimum Gasteiger partial charge on any atom is -0.447 e. The molecule has 28 heavy (non-hydrogen) atoms. The first kappa shape index (κ1) is 22.4. The summed E-state index contributed by atoms with van der Waals surface area (Å²) in [6.07, 6.45) is 6.33. The zero-order valence-corrected chi connectivity index (χ0v) is 18.0. The molecule has 2 amide bonds.